The van der Waals surface area contributed by atoms with Crippen LogP contribution < -0.4 is 4.74 Å². The van der Waals surface area contributed by atoms with E-state index in [1.165, 1.54) is 44.7 Å². The Balaban J connectivity index is 0.00000182. The maximum Gasteiger partial charge on any atom is 0.123 e. The van der Waals surface area contributed by atoms with Crippen LogP contribution in [0.2, 0.25) is 0 Å². The van der Waals surface area contributed by atoms with E-state index in [4.69, 9.17) is 4.74 Å². The fourth-order valence-corrected chi connectivity index (χ4v) is 4.28. The van der Waals surface area contributed by atoms with Gasteiger partial charge in [-0.1, -0.05) is 30.9 Å². The molecule has 1 aliphatic heterocycles. The van der Waals surface area contributed by atoms with Crippen molar-refractivity contribution in [2.24, 2.45) is 0 Å². The van der Waals surface area contributed by atoms with E-state index in [9.17, 15) is 0 Å². The fraction of sp³-hybridized carbons (Fsp3) is 0.273. The second-order valence-corrected chi connectivity index (χ2v) is 7.35. The van der Waals surface area contributed by atoms with E-state index < -0.39 is 0 Å². The maximum absolute atomic E-state index is 5.95. The van der Waals surface area contributed by atoms with Gasteiger partial charge in [-0.05, 0) is 83.5 Å². The van der Waals surface area contributed by atoms with Crippen molar-refractivity contribution >= 4 is 29.0 Å². The third-order valence-electron chi connectivity index (χ3n) is 4.90. The van der Waals surface area contributed by atoms with Crippen molar-refractivity contribution < 1.29 is 10.2 Å². The second kappa shape index (κ2) is 7.51. The molecule has 2 nitrogen and oxygen atoms in total. The SMILES string of the molecule is C=C1CC(c2ccccc2SC)=Cc2cc3c(cc21)OCCCC3.O. The molecular weight excluding hydrogens is 328 g/mol. The molecule has 0 bridgehead atoms. The number of benzene rings is 2. The van der Waals surface area contributed by atoms with Crippen molar-refractivity contribution in [2.75, 3.05) is 12.9 Å². The van der Waals surface area contributed by atoms with Gasteiger partial charge in [0.2, 0.25) is 0 Å². The predicted octanol–water partition coefficient (Wildman–Crippen LogP) is 5.26. The standard InChI is InChI=1S/C22H22OS.H2O/c1-15-11-17(19-8-3-4-9-22(19)24-2)13-18-12-16-7-5-6-10-23-21(16)14-20(15)18;/h3-4,8-9,12-14H,1,5-7,10-11H2,2H3;1H2. The van der Waals surface area contributed by atoms with Crippen molar-refractivity contribution in [3.05, 3.63) is 65.2 Å². The molecule has 0 amide bonds. The van der Waals surface area contributed by atoms with E-state index >= 15 is 0 Å². The van der Waals surface area contributed by atoms with Crippen molar-refractivity contribution in [3.63, 3.8) is 0 Å². The highest BCUT2D eigenvalue weighted by molar-refractivity contribution is 7.98. The molecule has 1 aliphatic carbocycles. The first-order chi connectivity index (χ1) is 11.8. The zero-order chi connectivity index (χ0) is 16.5. The van der Waals surface area contributed by atoms with Crippen LogP contribution in [0, 0.1) is 0 Å². The highest BCUT2D eigenvalue weighted by Gasteiger charge is 2.20. The smallest absolute Gasteiger partial charge is 0.123 e. The molecule has 4 rings (SSSR count). The van der Waals surface area contributed by atoms with Gasteiger partial charge < -0.3 is 10.2 Å². The van der Waals surface area contributed by atoms with Gasteiger partial charge in [0.15, 0.2) is 0 Å². The lowest BCUT2D eigenvalue weighted by Gasteiger charge is -2.22. The normalized spacial score (nSPS) is 15.9. The molecule has 0 atom stereocenters. The average molecular weight is 352 g/mol. The Hall–Kier alpha value is -1.97. The summed E-state index contributed by atoms with van der Waals surface area (Å²) in [5.41, 5.74) is 7.78. The molecule has 0 saturated heterocycles. The summed E-state index contributed by atoms with van der Waals surface area (Å²) in [4.78, 5) is 1.33. The summed E-state index contributed by atoms with van der Waals surface area (Å²) in [6, 6.07) is 13.2. The van der Waals surface area contributed by atoms with Crippen LogP contribution in [0.5, 0.6) is 5.75 Å². The summed E-state index contributed by atoms with van der Waals surface area (Å²) in [5, 5.41) is 0. The summed E-state index contributed by atoms with van der Waals surface area (Å²) in [5.74, 6) is 1.06. The molecule has 0 spiro atoms. The molecule has 0 saturated carbocycles. The monoisotopic (exact) mass is 352 g/mol. The lowest BCUT2D eigenvalue weighted by atomic mass is 9.84. The van der Waals surface area contributed by atoms with Crippen molar-refractivity contribution in [2.45, 2.75) is 30.6 Å². The molecule has 3 heteroatoms. The summed E-state index contributed by atoms with van der Waals surface area (Å²) < 4.78 is 5.95. The Bertz CT molecular complexity index is 836. The van der Waals surface area contributed by atoms with Gasteiger partial charge in [-0.3, -0.25) is 0 Å². The van der Waals surface area contributed by atoms with Gasteiger partial charge in [-0.25, -0.2) is 0 Å². The lowest BCUT2D eigenvalue weighted by molar-refractivity contribution is 0.317. The van der Waals surface area contributed by atoms with Gasteiger partial charge in [0, 0.05) is 4.90 Å². The minimum absolute atomic E-state index is 0. The predicted molar refractivity (Wildman–Crippen MR) is 108 cm³/mol. The molecule has 0 radical (unpaired) electrons. The van der Waals surface area contributed by atoms with Gasteiger partial charge in [-0.15, -0.1) is 11.8 Å². The third kappa shape index (κ3) is 3.39. The topological polar surface area (TPSA) is 40.7 Å². The molecule has 0 aromatic heterocycles. The third-order valence-corrected chi connectivity index (χ3v) is 5.69. The number of rotatable bonds is 2. The van der Waals surface area contributed by atoms with Crippen LogP contribution in [0.25, 0.3) is 17.2 Å². The average Bonchev–Trinajstić information content (AvgIpc) is 2.85. The molecular formula is C22H24O2S. The van der Waals surface area contributed by atoms with Crippen LogP contribution in [0.1, 0.15) is 41.5 Å². The number of thioether (sulfide) groups is 1. The zero-order valence-corrected chi connectivity index (χ0v) is 15.4. The van der Waals surface area contributed by atoms with Crippen LogP contribution >= 0.6 is 11.8 Å². The number of fused-ring (bicyclic) bond motifs is 2. The van der Waals surface area contributed by atoms with E-state index in [1.54, 1.807) is 11.8 Å². The van der Waals surface area contributed by atoms with Crippen LogP contribution in [0.4, 0.5) is 0 Å². The first-order valence-electron chi connectivity index (χ1n) is 8.58. The Kier molecular flexibility index (Phi) is 5.36. The van der Waals surface area contributed by atoms with Crippen LogP contribution in [0.3, 0.4) is 0 Å². The number of hydrogen-bond donors (Lipinski definition) is 0. The first kappa shape index (κ1) is 17.8. The summed E-state index contributed by atoms with van der Waals surface area (Å²) in [6.07, 6.45) is 8.86. The fourth-order valence-electron chi connectivity index (χ4n) is 3.65. The Labute approximate surface area is 153 Å². The van der Waals surface area contributed by atoms with Crippen molar-refractivity contribution in [1.82, 2.24) is 0 Å². The number of allylic oxidation sites excluding steroid dienone is 2. The van der Waals surface area contributed by atoms with E-state index in [1.807, 2.05) is 0 Å². The Morgan fingerprint density at radius 2 is 1.92 bits per heavy atom. The summed E-state index contributed by atoms with van der Waals surface area (Å²) >= 11 is 1.81. The summed E-state index contributed by atoms with van der Waals surface area (Å²) in [6.45, 7) is 5.19. The quantitative estimate of drug-likeness (QED) is 0.692. The minimum Gasteiger partial charge on any atom is -0.493 e. The van der Waals surface area contributed by atoms with Gasteiger partial charge in [0.1, 0.15) is 5.75 Å². The van der Waals surface area contributed by atoms with E-state index in [0.717, 1.165) is 31.6 Å². The van der Waals surface area contributed by atoms with Gasteiger partial charge in [-0.2, -0.15) is 0 Å². The maximum atomic E-state index is 5.95. The Morgan fingerprint density at radius 1 is 1.08 bits per heavy atom. The molecule has 25 heavy (non-hydrogen) atoms. The number of ether oxygens (including phenoxy) is 1. The molecule has 2 aromatic carbocycles. The van der Waals surface area contributed by atoms with E-state index in [-0.39, 0.29) is 5.48 Å². The van der Waals surface area contributed by atoms with Gasteiger partial charge >= 0.3 is 0 Å². The lowest BCUT2D eigenvalue weighted by Crippen LogP contribution is -2.02. The molecule has 0 unspecified atom stereocenters. The van der Waals surface area contributed by atoms with Crippen LogP contribution in [-0.2, 0) is 6.42 Å². The zero-order valence-electron chi connectivity index (χ0n) is 14.6. The Morgan fingerprint density at radius 3 is 2.76 bits per heavy atom. The second-order valence-electron chi connectivity index (χ2n) is 6.50. The molecule has 1 heterocycles. The molecule has 2 N–H and O–H groups in total. The molecule has 130 valence electrons. The highest BCUT2D eigenvalue weighted by Crippen LogP contribution is 2.42. The van der Waals surface area contributed by atoms with Gasteiger partial charge in [0.05, 0.1) is 6.61 Å². The van der Waals surface area contributed by atoms with E-state index in [2.05, 4.69) is 55.3 Å². The van der Waals surface area contributed by atoms with Crippen LogP contribution in [-0.4, -0.2) is 18.3 Å². The molecule has 0 fully saturated rings. The van der Waals surface area contributed by atoms with Crippen molar-refractivity contribution in [1.29, 1.82) is 0 Å². The summed E-state index contributed by atoms with van der Waals surface area (Å²) in [7, 11) is 0. The van der Waals surface area contributed by atoms with Crippen LogP contribution in [0.15, 0.2) is 47.9 Å². The van der Waals surface area contributed by atoms with Crippen molar-refractivity contribution in [3.8, 4) is 5.75 Å². The largest absolute Gasteiger partial charge is 0.493 e. The van der Waals surface area contributed by atoms with E-state index in [0.29, 0.717) is 0 Å². The highest BCUT2D eigenvalue weighted by atomic mass is 32.2. The van der Waals surface area contributed by atoms with Gasteiger partial charge in [0.25, 0.3) is 0 Å². The molecule has 2 aliphatic rings. The molecule has 2 aromatic rings. The number of aryl methyl sites for hydroxylation is 1. The first-order valence-corrected chi connectivity index (χ1v) is 9.80. The number of hydrogen-bond acceptors (Lipinski definition) is 2. The minimum atomic E-state index is 0.